The van der Waals surface area contributed by atoms with Gasteiger partial charge in [0.1, 0.15) is 0 Å². The molecule has 3 heteroatoms. The minimum atomic E-state index is -0.162. The fourth-order valence-corrected chi connectivity index (χ4v) is 1.91. The Kier molecular flexibility index (Phi) is 6.13. The number of aromatic amines is 1. The van der Waals surface area contributed by atoms with Gasteiger partial charge in [0.05, 0.1) is 13.0 Å². The van der Waals surface area contributed by atoms with Crippen LogP contribution in [0.1, 0.15) is 34.2 Å². The second-order valence-electron chi connectivity index (χ2n) is 4.69. The zero-order valence-electron chi connectivity index (χ0n) is 12.2. The number of ether oxygens (including phenoxy) is 1. The SMILES string of the molecule is CCC.COC(=O)C(C)Cc1c[nH]c2ccccc12.[HH]. The van der Waals surface area contributed by atoms with E-state index in [1.807, 2.05) is 31.3 Å². The van der Waals surface area contributed by atoms with Gasteiger partial charge in [-0.2, -0.15) is 0 Å². The first-order chi connectivity index (χ1) is 9.13. The zero-order valence-corrected chi connectivity index (χ0v) is 12.2. The summed E-state index contributed by atoms with van der Waals surface area (Å²) in [5, 5.41) is 1.18. The molecule has 0 aliphatic heterocycles. The Balaban J connectivity index is 0.000000830. The lowest BCUT2D eigenvalue weighted by atomic mass is 10.0. The number of aromatic nitrogens is 1. The maximum Gasteiger partial charge on any atom is 0.308 e. The molecule has 1 unspecified atom stereocenters. The van der Waals surface area contributed by atoms with Gasteiger partial charge in [-0.1, -0.05) is 45.4 Å². The number of H-pyrrole nitrogens is 1. The second kappa shape index (κ2) is 7.62. The molecule has 0 aliphatic rings. The Hall–Kier alpha value is -1.77. The Labute approximate surface area is 116 Å². The summed E-state index contributed by atoms with van der Waals surface area (Å²) in [6.45, 7) is 6.13. The highest BCUT2D eigenvalue weighted by Gasteiger charge is 2.15. The number of methoxy groups -OCH3 is 1. The van der Waals surface area contributed by atoms with Gasteiger partial charge in [-0.3, -0.25) is 4.79 Å². The molecular formula is C16H25NO2. The van der Waals surface area contributed by atoms with Gasteiger partial charge in [-0.05, 0) is 18.1 Å². The summed E-state index contributed by atoms with van der Waals surface area (Å²) in [4.78, 5) is 14.5. The van der Waals surface area contributed by atoms with E-state index in [4.69, 9.17) is 4.74 Å². The molecule has 0 saturated heterocycles. The third kappa shape index (κ3) is 4.12. The topological polar surface area (TPSA) is 42.1 Å². The molecule has 106 valence electrons. The summed E-state index contributed by atoms with van der Waals surface area (Å²) >= 11 is 0. The highest BCUT2D eigenvalue weighted by molar-refractivity contribution is 5.83. The number of para-hydroxylation sites is 1. The number of benzene rings is 1. The number of carbonyl (C=O) groups excluding carboxylic acids is 1. The Morgan fingerprint density at radius 1 is 1.37 bits per heavy atom. The molecular weight excluding hydrogens is 238 g/mol. The van der Waals surface area contributed by atoms with E-state index in [1.54, 1.807) is 0 Å². The highest BCUT2D eigenvalue weighted by Crippen LogP contribution is 2.20. The van der Waals surface area contributed by atoms with Crippen LogP contribution >= 0.6 is 0 Å². The van der Waals surface area contributed by atoms with E-state index >= 15 is 0 Å². The molecule has 1 heterocycles. The van der Waals surface area contributed by atoms with E-state index < -0.39 is 0 Å². The van der Waals surface area contributed by atoms with E-state index in [-0.39, 0.29) is 13.3 Å². The summed E-state index contributed by atoms with van der Waals surface area (Å²) in [6.07, 6.45) is 3.92. The molecule has 0 amide bonds. The minimum absolute atomic E-state index is 0. The van der Waals surface area contributed by atoms with Crippen LogP contribution < -0.4 is 0 Å². The lowest BCUT2D eigenvalue weighted by Crippen LogP contribution is -2.14. The van der Waals surface area contributed by atoms with E-state index in [1.165, 1.54) is 18.9 Å². The van der Waals surface area contributed by atoms with Gasteiger partial charge in [0.15, 0.2) is 0 Å². The van der Waals surface area contributed by atoms with Crippen molar-refractivity contribution in [3.8, 4) is 0 Å². The maximum atomic E-state index is 11.3. The molecule has 0 spiro atoms. The lowest BCUT2D eigenvalue weighted by molar-refractivity contribution is -0.144. The van der Waals surface area contributed by atoms with Gasteiger partial charge in [0.25, 0.3) is 0 Å². The molecule has 1 N–H and O–H groups in total. The van der Waals surface area contributed by atoms with E-state index in [2.05, 4.69) is 24.9 Å². The average molecular weight is 263 g/mol. The van der Waals surface area contributed by atoms with Crippen molar-refractivity contribution in [3.05, 3.63) is 36.0 Å². The summed E-state index contributed by atoms with van der Waals surface area (Å²) < 4.78 is 4.72. The first kappa shape index (κ1) is 15.3. The zero-order chi connectivity index (χ0) is 14.3. The number of hydrogen-bond donors (Lipinski definition) is 1. The van der Waals surface area contributed by atoms with Crippen molar-refractivity contribution in [1.82, 2.24) is 4.98 Å². The minimum Gasteiger partial charge on any atom is -0.469 e. The van der Waals surface area contributed by atoms with Gasteiger partial charge in [-0.25, -0.2) is 0 Å². The summed E-state index contributed by atoms with van der Waals surface area (Å²) in [6, 6.07) is 8.08. The van der Waals surface area contributed by atoms with Crippen molar-refractivity contribution in [3.63, 3.8) is 0 Å². The standard InChI is InChI=1S/C13H15NO2.C3H8.H2/c1-9(13(15)16-2)7-10-8-14-12-6-4-3-5-11(10)12;1-3-2;/h3-6,8-9,14H,7H2,1-2H3;3H2,1-2H3;1H. The Bertz CT molecular complexity index is 522. The molecule has 1 aromatic carbocycles. The largest absolute Gasteiger partial charge is 0.469 e. The van der Waals surface area contributed by atoms with Crippen LogP contribution in [-0.4, -0.2) is 18.1 Å². The molecule has 1 aromatic heterocycles. The van der Waals surface area contributed by atoms with Crippen LogP contribution in [-0.2, 0) is 16.0 Å². The Morgan fingerprint density at radius 3 is 2.63 bits per heavy atom. The van der Waals surface area contributed by atoms with Crippen molar-refractivity contribution in [2.75, 3.05) is 7.11 Å². The lowest BCUT2D eigenvalue weighted by Gasteiger charge is -2.07. The van der Waals surface area contributed by atoms with Crippen LogP contribution in [0.3, 0.4) is 0 Å². The molecule has 1 atom stereocenters. The van der Waals surface area contributed by atoms with Gasteiger partial charge >= 0.3 is 5.97 Å². The van der Waals surface area contributed by atoms with Crippen LogP contribution in [0.4, 0.5) is 0 Å². The first-order valence-corrected chi connectivity index (χ1v) is 6.76. The predicted octanol–water partition coefficient (Wildman–Crippen LogP) is 4.18. The van der Waals surface area contributed by atoms with Crippen LogP contribution in [0.15, 0.2) is 30.5 Å². The van der Waals surface area contributed by atoms with Crippen molar-refractivity contribution in [1.29, 1.82) is 0 Å². The van der Waals surface area contributed by atoms with Gasteiger partial charge in [0.2, 0.25) is 0 Å². The van der Waals surface area contributed by atoms with Crippen LogP contribution in [0, 0.1) is 5.92 Å². The summed E-state index contributed by atoms with van der Waals surface area (Å²) in [5.41, 5.74) is 2.27. The van der Waals surface area contributed by atoms with Gasteiger partial charge < -0.3 is 9.72 Å². The molecule has 0 fully saturated rings. The third-order valence-corrected chi connectivity index (χ3v) is 2.80. The quantitative estimate of drug-likeness (QED) is 0.844. The number of fused-ring (bicyclic) bond motifs is 1. The normalized spacial score (nSPS) is 11.6. The Morgan fingerprint density at radius 2 is 2.00 bits per heavy atom. The smallest absolute Gasteiger partial charge is 0.308 e. The molecule has 0 bridgehead atoms. The molecule has 0 radical (unpaired) electrons. The second-order valence-corrected chi connectivity index (χ2v) is 4.69. The molecule has 2 aromatic rings. The summed E-state index contributed by atoms with van der Waals surface area (Å²) in [5.74, 6) is -0.269. The molecule has 0 aliphatic carbocycles. The fraction of sp³-hybridized carbons (Fsp3) is 0.438. The number of rotatable bonds is 3. The first-order valence-electron chi connectivity index (χ1n) is 6.76. The van der Waals surface area contributed by atoms with E-state index in [9.17, 15) is 4.79 Å². The van der Waals surface area contributed by atoms with E-state index in [0.717, 1.165) is 11.1 Å². The molecule has 19 heavy (non-hydrogen) atoms. The summed E-state index contributed by atoms with van der Waals surface area (Å²) in [7, 11) is 1.42. The van der Waals surface area contributed by atoms with Crippen LogP contribution in [0.2, 0.25) is 0 Å². The number of carbonyl (C=O) groups is 1. The van der Waals surface area contributed by atoms with Gasteiger partial charge in [-0.15, -0.1) is 0 Å². The van der Waals surface area contributed by atoms with Crippen LogP contribution in [0.5, 0.6) is 0 Å². The van der Waals surface area contributed by atoms with Crippen LogP contribution in [0.25, 0.3) is 10.9 Å². The van der Waals surface area contributed by atoms with Gasteiger partial charge in [0, 0.05) is 18.5 Å². The van der Waals surface area contributed by atoms with Crippen molar-refractivity contribution < 1.29 is 11.0 Å². The monoisotopic (exact) mass is 263 g/mol. The average Bonchev–Trinajstić information content (AvgIpc) is 2.82. The predicted molar refractivity (Wildman–Crippen MR) is 81.3 cm³/mol. The number of hydrogen-bond acceptors (Lipinski definition) is 2. The number of esters is 1. The molecule has 3 nitrogen and oxygen atoms in total. The fourth-order valence-electron chi connectivity index (χ4n) is 1.91. The van der Waals surface area contributed by atoms with Crippen molar-refractivity contribution in [2.45, 2.75) is 33.6 Å². The van der Waals surface area contributed by atoms with E-state index in [0.29, 0.717) is 6.42 Å². The highest BCUT2D eigenvalue weighted by atomic mass is 16.5. The van der Waals surface area contributed by atoms with Crippen molar-refractivity contribution in [2.24, 2.45) is 5.92 Å². The molecule has 2 rings (SSSR count). The molecule has 0 saturated carbocycles. The van der Waals surface area contributed by atoms with Crippen molar-refractivity contribution >= 4 is 16.9 Å². The number of nitrogens with one attached hydrogen (secondary N) is 1. The third-order valence-electron chi connectivity index (χ3n) is 2.80. The maximum absolute atomic E-state index is 11.3.